The van der Waals surface area contributed by atoms with Crippen molar-refractivity contribution in [3.63, 3.8) is 0 Å². The van der Waals surface area contributed by atoms with Crippen LogP contribution in [-0.4, -0.2) is 19.9 Å². The van der Waals surface area contributed by atoms with Crippen LogP contribution >= 0.6 is 0 Å². The molecule has 2 aliphatic carbocycles. The Labute approximate surface area is 128 Å². The average Bonchev–Trinajstić information content (AvgIpc) is 3.38. The van der Waals surface area contributed by atoms with Crippen molar-refractivity contribution in [1.29, 1.82) is 0 Å². The zero-order valence-electron chi connectivity index (χ0n) is 12.0. The molecule has 0 unspecified atom stereocenters. The van der Waals surface area contributed by atoms with E-state index in [0.717, 1.165) is 36.4 Å². The highest BCUT2D eigenvalue weighted by Gasteiger charge is 2.38. The molecule has 0 saturated heterocycles. The van der Waals surface area contributed by atoms with Crippen molar-refractivity contribution in [1.82, 2.24) is 19.9 Å². The van der Waals surface area contributed by atoms with Gasteiger partial charge in [-0.25, -0.2) is 4.68 Å². The second-order valence-electron chi connectivity index (χ2n) is 6.04. The Bertz CT molecular complexity index is 803. The molecular formula is C14H13F3N4O2. The molecule has 6 nitrogen and oxygen atoms in total. The molecule has 122 valence electrons. The van der Waals surface area contributed by atoms with Gasteiger partial charge in [-0.1, -0.05) is 5.16 Å². The van der Waals surface area contributed by atoms with Crippen LogP contribution in [-0.2, 0) is 12.7 Å². The number of hydrogen-bond donors (Lipinski definition) is 0. The maximum absolute atomic E-state index is 13.1. The first-order chi connectivity index (χ1) is 10.9. The van der Waals surface area contributed by atoms with E-state index >= 15 is 0 Å². The highest BCUT2D eigenvalue weighted by Crippen LogP contribution is 2.40. The van der Waals surface area contributed by atoms with Crippen molar-refractivity contribution >= 4 is 0 Å². The predicted octanol–water partition coefficient (Wildman–Crippen LogP) is 2.45. The van der Waals surface area contributed by atoms with Gasteiger partial charge in [0.2, 0.25) is 5.89 Å². The summed E-state index contributed by atoms with van der Waals surface area (Å²) < 4.78 is 45.0. The molecule has 0 radical (unpaired) electrons. The monoisotopic (exact) mass is 326 g/mol. The number of halogens is 3. The summed E-state index contributed by atoms with van der Waals surface area (Å²) in [6.45, 7) is -0.224. The number of aromatic nitrogens is 4. The minimum atomic E-state index is -4.71. The molecular weight excluding hydrogens is 313 g/mol. The van der Waals surface area contributed by atoms with Crippen LogP contribution in [0.2, 0.25) is 0 Å². The molecule has 2 heterocycles. The molecule has 2 aromatic heterocycles. The van der Waals surface area contributed by atoms with Gasteiger partial charge < -0.3 is 4.52 Å². The second kappa shape index (κ2) is 4.90. The van der Waals surface area contributed by atoms with Crippen LogP contribution in [0.15, 0.2) is 15.4 Å². The lowest BCUT2D eigenvalue weighted by Crippen LogP contribution is -2.32. The summed E-state index contributed by atoms with van der Waals surface area (Å²) in [4.78, 5) is 16.2. The third-order valence-electron chi connectivity index (χ3n) is 4.00. The molecule has 2 saturated carbocycles. The summed E-state index contributed by atoms with van der Waals surface area (Å²) in [6, 6.07) is 0.863. The summed E-state index contributed by atoms with van der Waals surface area (Å²) in [7, 11) is 0. The van der Waals surface area contributed by atoms with Crippen molar-refractivity contribution in [2.45, 2.75) is 50.2 Å². The summed E-state index contributed by atoms with van der Waals surface area (Å²) in [6.07, 6.45) is -1.20. The van der Waals surface area contributed by atoms with E-state index in [0.29, 0.717) is 11.6 Å². The fraction of sp³-hybridized carbons (Fsp3) is 0.571. The van der Waals surface area contributed by atoms with Crippen molar-refractivity contribution in [2.75, 3.05) is 0 Å². The van der Waals surface area contributed by atoms with Gasteiger partial charge in [-0.05, 0) is 31.7 Å². The van der Waals surface area contributed by atoms with E-state index in [1.165, 1.54) is 0 Å². The van der Waals surface area contributed by atoms with E-state index in [4.69, 9.17) is 4.52 Å². The van der Waals surface area contributed by atoms with Crippen molar-refractivity contribution < 1.29 is 17.7 Å². The lowest BCUT2D eigenvalue weighted by Gasteiger charge is -2.11. The first kappa shape index (κ1) is 14.4. The molecule has 23 heavy (non-hydrogen) atoms. The third kappa shape index (κ3) is 2.87. The largest absolute Gasteiger partial charge is 0.421 e. The van der Waals surface area contributed by atoms with E-state index < -0.39 is 17.3 Å². The molecule has 0 aromatic carbocycles. The van der Waals surface area contributed by atoms with Gasteiger partial charge in [0.1, 0.15) is 12.1 Å². The van der Waals surface area contributed by atoms with Crippen molar-refractivity contribution in [2.24, 2.45) is 0 Å². The lowest BCUT2D eigenvalue weighted by atomic mass is 10.2. The molecule has 4 rings (SSSR count). The Balaban J connectivity index is 1.70. The second-order valence-corrected chi connectivity index (χ2v) is 6.04. The van der Waals surface area contributed by atoms with E-state index in [2.05, 4.69) is 15.2 Å². The van der Waals surface area contributed by atoms with Gasteiger partial charge in [0, 0.05) is 11.8 Å². The van der Waals surface area contributed by atoms with Crippen LogP contribution < -0.4 is 5.56 Å². The van der Waals surface area contributed by atoms with Crippen LogP contribution in [0.3, 0.4) is 0 Å². The van der Waals surface area contributed by atoms with Gasteiger partial charge >= 0.3 is 6.18 Å². The van der Waals surface area contributed by atoms with Crippen LogP contribution in [0.1, 0.15) is 60.5 Å². The topological polar surface area (TPSA) is 73.8 Å². The van der Waals surface area contributed by atoms with E-state index in [1.807, 2.05) is 0 Å². The number of rotatable bonds is 4. The van der Waals surface area contributed by atoms with Crippen LogP contribution in [0.4, 0.5) is 13.2 Å². The SMILES string of the molecule is O=c1c(C(F)(F)F)cc(C2CC2)nn1Cc1noc(C2CC2)n1. The Morgan fingerprint density at radius 2 is 1.91 bits per heavy atom. The molecule has 0 aliphatic heterocycles. The zero-order chi connectivity index (χ0) is 16.2. The van der Waals surface area contributed by atoms with Gasteiger partial charge in [-0.3, -0.25) is 4.79 Å². The first-order valence-electron chi connectivity index (χ1n) is 7.43. The summed E-state index contributed by atoms with van der Waals surface area (Å²) in [5.41, 5.74) is -2.08. The average molecular weight is 326 g/mol. The highest BCUT2D eigenvalue weighted by molar-refractivity contribution is 5.22. The van der Waals surface area contributed by atoms with E-state index in [1.54, 1.807) is 0 Å². The summed E-state index contributed by atoms with van der Waals surface area (Å²) in [5.74, 6) is 0.879. The first-order valence-corrected chi connectivity index (χ1v) is 7.43. The molecule has 0 amide bonds. The summed E-state index contributed by atoms with van der Waals surface area (Å²) >= 11 is 0. The van der Waals surface area contributed by atoms with Crippen LogP contribution in [0.5, 0.6) is 0 Å². The van der Waals surface area contributed by atoms with Gasteiger partial charge in [0.25, 0.3) is 5.56 Å². The minimum Gasteiger partial charge on any atom is -0.339 e. The number of alkyl halides is 3. The molecule has 9 heteroatoms. The van der Waals surface area contributed by atoms with Crippen LogP contribution in [0, 0.1) is 0 Å². The maximum atomic E-state index is 13.1. The Kier molecular flexibility index (Phi) is 3.07. The zero-order valence-corrected chi connectivity index (χ0v) is 12.0. The van der Waals surface area contributed by atoms with Crippen molar-refractivity contribution in [3.05, 3.63) is 39.4 Å². The molecule has 2 fully saturated rings. The number of hydrogen-bond acceptors (Lipinski definition) is 5. The quantitative estimate of drug-likeness (QED) is 0.863. The molecule has 0 bridgehead atoms. The molecule has 2 aliphatic rings. The Morgan fingerprint density at radius 1 is 1.22 bits per heavy atom. The fourth-order valence-corrected chi connectivity index (χ4v) is 2.41. The van der Waals surface area contributed by atoms with Crippen molar-refractivity contribution in [3.8, 4) is 0 Å². The molecule has 0 spiro atoms. The highest BCUT2D eigenvalue weighted by atomic mass is 19.4. The number of nitrogens with zero attached hydrogens (tertiary/aromatic N) is 4. The van der Waals surface area contributed by atoms with Gasteiger partial charge in [-0.2, -0.15) is 23.3 Å². The third-order valence-corrected chi connectivity index (χ3v) is 4.00. The van der Waals surface area contributed by atoms with Gasteiger partial charge in [0.05, 0.1) is 5.69 Å². The molecule has 2 aromatic rings. The van der Waals surface area contributed by atoms with Gasteiger partial charge in [0.15, 0.2) is 5.82 Å². The standard InChI is InChI=1S/C14H13F3N4O2/c15-14(16,17)9-5-10(7-1-2-7)19-21(13(9)22)6-11-18-12(23-20-11)8-3-4-8/h5,7-8H,1-4,6H2. The minimum absolute atomic E-state index is 0.00440. The predicted molar refractivity (Wildman–Crippen MR) is 70.8 cm³/mol. The van der Waals surface area contributed by atoms with Crippen LogP contribution in [0.25, 0.3) is 0 Å². The molecule has 0 atom stereocenters. The normalized spacial score (nSPS) is 18.4. The summed E-state index contributed by atoms with van der Waals surface area (Å²) in [5, 5.41) is 7.78. The van der Waals surface area contributed by atoms with E-state index in [-0.39, 0.29) is 24.2 Å². The van der Waals surface area contributed by atoms with E-state index in [9.17, 15) is 18.0 Å². The Hall–Kier alpha value is -2.19. The lowest BCUT2D eigenvalue weighted by molar-refractivity contribution is -0.139. The maximum Gasteiger partial charge on any atom is 0.421 e. The fourth-order valence-electron chi connectivity index (χ4n) is 2.41. The smallest absolute Gasteiger partial charge is 0.339 e. The molecule has 0 N–H and O–H groups in total. The van der Waals surface area contributed by atoms with Gasteiger partial charge in [-0.15, -0.1) is 0 Å². The Morgan fingerprint density at radius 3 is 2.52 bits per heavy atom.